The number of nitrogens with one attached hydrogen (secondary N) is 2. The van der Waals surface area contributed by atoms with Crippen molar-refractivity contribution in [1.29, 1.82) is 0 Å². The van der Waals surface area contributed by atoms with Gasteiger partial charge in [-0.05, 0) is 62.1 Å². The van der Waals surface area contributed by atoms with Gasteiger partial charge in [0.15, 0.2) is 6.10 Å². The van der Waals surface area contributed by atoms with E-state index in [1.54, 1.807) is 12.1 Å². The van der Waals surface area contributed by atoms with Crippen molar-refractivity contribution in [3.63, 3.8) is 0 Å². The number of furan rings is 1. The number of hydrogen-bond acceptors (Lipinski definition) is 6. The highest BCUT2D eigenvalue weighted by atomic mass is 32.2. The van der Waals surface area contributed by atoms with E-state index in [1.165, 1.54) is 35.1 Å². The van der Waals surface area contributed by atoms with Crippen LogP contribution in [0, 0.1) is 6.92 Å². The molecule has 0 unspecified atom stereocenters. The molecule has 9 heteroatoms. The zero-order valence-electron chi connectivity index (χ0n) is 22.9. The second-order valence-corrected chi connectivity index (χ2v) is 11.9. The van der Waals surface area contributed by atoms with Crippen LogP contribution in [0.15, 0.2) is 83.5 Å². The van der Waals surface area contributed by atoms with Crippen LogP contribution < -0.4 is 10.6 Å². The largest absolute Gasteiger partial charge is 0.465 e. The van der Waals surface area contributed by atoms with Crippen LogP contribution in [-0.2, 0) is 27.3 Å². The Kier molecular flexibility index (Phi) is 9.50. The Hall–Kier alpha value is -3.82. The highest BCUT2D eigenvalue weighted by Gasteiger charge is 2.49. The van der Waals surface area contributed by atoms with Gasteiger partial charge in [0.1, 0.15) is 11.8 Å². The smallest absolute Gasteiger partial charge is 0.254 e. The Morgan fingerprint density at radius 3 is 2.52 bits per heavy atom. The van der Waals surface area contributed by atoms with E-state index in [4.69, 9.17) is 4.42 Å². The van der Waals surface area contributed by atoms with Gasteiger partial charge in [0.05, 0.1) is 18.2 Å². The summed E-state index contributed by atoms with van der Waals surface area (Å²) in [6.45, 7) is 6.14. The van der Waals surface area contributed by atoms with Gasteiger partial charge in [0.2, 0.25) is 11.8 Å². The number of benzene rings is 2. The maximum Gasteiger partial charge on any atom is 0.254 e. The fourth-order valence-corrected chi connectivity index (χ4v) is 5.87. The van der Waals surface area contributed by atoms with Crippen molar-refractivity contribution in [3.05, 3.63) is 102 Å². The summed E-state index contributed by atoms with van der Waals surface area (Å²) < 4.78 is 4.65. The van der Waals surface area contributed by atoms with E-state index in [9.17, 15) is 19.5 Å². The predicted molar refractivity (Wildman–Crippen MR) is 156 cm³/mol. The van der Waals surface area contributed by atoms with Gasteiger partial charge >= 0.3 is 0 Å². The molecule has 3 aromatic rings. The molecule has 3 amide bonds. The molecule has 1 fully saturated rings. The highest BCUT2D eigenvalue weighted by Crippen LogP contribution is 2.40. The van der Waals surface area contributed by atoms with Crippen LogP contribution >= 0.6 is 11.8 Å². The number of carbonyl (C=O) groups is 3. The molecule has 1 aromatic heterocycles. The minimum absolute atomic E-state index is 0.225. The molecular formula is C31H35N3O5S. The molecule has 4 rings (SSSR count). The quantitative estimate of drug-likeness (QED) is 0.326. The standard InChI is InChI=1S/C31H35N3O5S/c1-21-10-7-8-13-23(21)19-32-29(37)28-31(2,3)40-20-34(28)30(38)27(36)25(18-22-11-5-4-6-12-22)33-26(35)16-15-24-14-9-17-39-24/h4-17,25,27-28,36H,18-20H2,1-3H3,(H,32,37)(H,33,35)/b16-15+/t25-,27-,28+/m0/s1. The molecule has 1 saturated heterocycles. The topological polar surface area (TPSA) is 112 Å². The summed E-state index contributed by atoms with van der Waals surface area (Å²) >= 11 is 1.48. The minimum Gasteiger partial charge on any atom is -0.465 e. The molecule has 1 aliphatic heterocycles. The third-order valence-corrected chi connectivity index (χ3v) is 8.37. The maximum absolute atomic E-state index is 13.7. The van der Waals surface area contributed by atoms with Crippen molar-refractivity contribution in [2.45, 2.75) is 56.7 Å². The van der Waals surface area contributed by atoms with Gasteiger partial charge < -0.3 is 25.1 Å². The Morgan fingerprint density at radius 2 is 1.82 bits per heavy atom. The maximum atomic E-state index is 13.7. The molecule has 0 radical (unpaired) electrons. The van der Waals surface area contributed by atoms with Crippen LogP contribution in [0.3, 0.4) is 0 Å². The lowest BCUT2D eigenvalue weighted by molar-refractivity contribution is -0.147. The lowest BCUT2D eigenvalue weighted by atomic mass is 9.97. The van der Waals surface area contributed by atoms with E-state index in [-0.39, 0.29) is 18.2 Å². The molecule has 1 aliphatic rings. The van der Waals surface area contributed by atoms with Crippen molar-refractivity contribution in [3.8, 4) is 0 Å². The molecule has 3 atom stereocenters. The Balaban J connectivity index is 1.50. The Morgan fingerprint density at radius 1 is 1.10 bits per heavy atom. The van der Waals surface area contributed by atoms with Gasteiger partial charge in [-0.2, -0.15) is 0 Å². The number of aryl methyl sites for hydroxylation is 1. The molecule has 0 bridgehead atoms. The van der Waals surface area contributed by atoms with Crippen LogP contribution in [0.4, 0.5) is 0 Å². The third kappa shape index (κ3) is 7.22. The average molecular weight is 562 g/mol. The Labute approximate surface area is 238 Å². The zero-order valence-corrected chi connectivity index (χ0v) is 23.7. The lowest BCUT2D eigenvalue weighted by Gasteiger charge is -2.33. The van der Waals surface area contributed by atoms with Gasteiger partial charge in [-0.25, -0.2) is 0 Å². The first-order chi connectivity index (χ1) is 19.2. The minimum atomic E-state index is -1.57. The van der Waals surface area contributed by atoms with Gasteiger partial charge in [-0.3, -0.25) is 14.4 Å². The number of aliphatic hydroxyl groups excluding tert-OH is 1. The van der Waals surface area contributed by atoms with Gasteiger partial charge in [-0.1, -0.05) is 54.6 Å². The summed E-state index contributed by atoms with van der Waals surface area (Å²) in [4.78, 5) is 41.4. The first-order valence-electron chi connectivity index (χ1n) is 13.2. The van der Waals surface area contributed by atoms with Gasteiger partial charge in [0, 0.05) is 17.4 Å². The van der Waals surface area contributed by atoms with E-state index in [1.807, 2.05) is 75.4 Å². The number of carbonyl (C=O) groups excluding carboxylic acids is 3. The van der Waals surface area contributed by atoms with Gasteiger partial charge in [0.25, 0.3) is 5.91 Å². The number of hydrogen-bond donors (Lipinski definition) is 3. The van der Waals surface area contributed by atoms with Crippen LogP contribution in [0.2, 0.25) is 0 Å². The van der Waals surface area contributed by atoms with E-state index >= 15 is 0 Å². The molecule has 210 valence electrons. The van der Waals surface area contributed by atoms with E-state index in [0.29, 0.717) is 12.3 Å². The fraction of sp³-hybridized carbons (Fsp3) is 0.323. The second-order valence-electron chi connectivity index (χ2n) is 10.3. The van der Waals surface area contributed by atoms with Gasteiger partial charge in [-0.15, -0.1) is 11.8 Å². The van der Waals surface area contributed by atoms with Crippen molar-refractivity contribution in [1.82, 2.24) is 15.5 Å². The number of nitrogens with zero attached hydrogens (tertiary/aromatic N) is 1. The fourth-order valence-electron chi connectivity index (χ4n) is 4.73. The summed E-state index contributed by atoms with van der Waals surface area (Å²) in [5, 5.41) is 17.1. The lowest BCUT2D eigenvalue weighted by Crippen LogP contribution is -2.58. The molecule has 0 spiro atoms. The number of amides is 3. The van der Waals surface area contributed by atoms with Crippen LogP contribution in [0.5, 0.6) is 0 Å². The summed E-state index contributed by atoms with van der Waals surface area (Å²) in [5.74, 6) is -0.625. The van der Waals surface area contributed by atoms with Crippen molar-refractivity contribution < 1.29 is 23.9 Å². The van der Waals surface area contributed by atoms with E-state index in [0.717, 1.165) is 16.7 Å². The molecule has 40 heavy (non-hydrogen) atoms. The van der Waals surface area contributed by atoms with Crippen molar-refractivity contribution >= 4 is 35.6 Å². The molecule has 0 aliphatic carbocycles. The van der Waals surface area contributed by atoms with Crippen LogP contribution in [-0.4, -0.2) is 56.5 Å². The van der Waals surface area contributed by atoms with Crippen molar-refractivity contribution in [2.75, 3.05) is 5.88 Å². The summed E-state index contributed by atoms with van der Waals surface area (Å²) in [5.41, 5.74) is 2.90. The zero-order chi connectivity index (χ0) is 28.7. The van der Waals surface area contributed by atoms with Crippen molar-refractivity contribution in [2.24, 2.45) is 0 Å². The summed E-state index contributed by atoms with van der Waals surface area (Å²) in [6.07, 6.45) is 2.97. The predicted octanol–water partition coefficient (Wildman–Crippen LogP) is 3.69. The SMILES string of the molecule is Cc1ccccc1CNC(=O)[C@H]1N(C(=O)[C@@H](O)[C@H](Cc2ccccc2)NC(=O)/C=C/c2ccco2)CSC1(C)C. The molecule has 0 saturated carbocycles. The number of thioether (sulfide) groups is 1. The number of rotatable bonds is 10. The molecule has 2 heterocycles. The summed E-state index contributed by atoms with van der Waals surface area (Å²) in [6, 6.07) is 18.8. The second kappa shape index (κ2) is 13.0. The molecule has 3 N–H and O–H groups in total. The van der Waals surface area contributed by atoms with Crippen LogP contribution in [0.25, 0.3) is 6.08 Å². The summed E-state index contributed by atoms with van der Waals surface area (Å²) in [7, 11) is 0. The highest BCUT2D eigenvalue weighted by molar-refractivity contribution is 8.00. The van der Waals surface area contributed by atoms with Crippen LogP contribution in [0.1, 0.15) is 36.3 Å². The van der Waals surface area contributed by atoms with E-state index < -0.39 is 34.7 Å². The molecular weight excluding hydrogens is 526 g/mol. The first kappa shape index (κ1) is 29.2. The third-order valence-electron chi connectivity index (χ3n) is 6.99. The molecule has 8 nitrogen and oxygen atoms in total. The van der Waals surface area contributed by atoms with E-state index in [2.05, 4.69) is 10.6 Å². The average Bonchev–Trinajstić information content (AvgIpc) is 3.58. The Bertz CT molecular complexity index is 1340. The monoisotopic (exact) mass is 561 g/mol. The first-order valence-corrected chi connectivity index (χ1v) is 14.1. The number of aliphatic hydroxyl groups is 1. The normalized spacial score (nSPS) is 17.9. The molecule has 2 aromatic carbocycles.